The molecule has 0 aliphatic carbocycles. The Labute approximate surface area is 155 Å². The van der Waals surface area contributed by atoms with Gasteiger partial charge in [-0.1, -0.05) is 11.6 Å². The highest BCUT2D eigenvalue weighted by atomic mass is 35.5. The quantitative estimate of drug-likeness (QED) is 0.647. The Kier molecular flexibility index (Phi) is 5.38. The Morgan fingerprint density at radius 3 is 2.58 bits per heavy atom. The van der Waals surface area contributed by atoms with Crippen LogP contribution in [0.3, 0.4) is 0 Å². The van der Waals surface area contributed by atoms with Gasteiger partial charge >= 0.3 is 0 Å². The van der Waals surface area contributed by atoms with Gasteiger partial charge in [0.25, 0.3) is 0 Å². The van der Waals surface area contributed by atoms with Crippen LogP contribution in [0.5, 0.6) is 11.5 Å². The molecule has 134 valence electrons. The summed E-state index contributed by atoms with van der Waals surface area (Å²) in [6, 6.07) is 11.4. The lowest BCUT2D eigenvalue weighted by Crippen LogP contribution is -2.02. The van der Waals surface area contributed by atoms with Crippen LogP contribution in [0.15, 0.2) is 48.7 Å². The monoisotopic (exact) mass is 374 g/mol. The molecule has 8 heteroatoms. The molecule has 0 radical (unpaired) electrons. The minimum Gasteiger partial charge on any atom is -0.497 e. The van der Waals surface area contributed by atoms with Crippen molar-refractivity contribution in [3.63, 3.8) is 0 Å². The first-order valence-corrected chi connectivity index (χ1v) is 8.01. The predicted octanol–water partition coefficient (Wildman–Crippen LogP) is 4.77. The summed E-state index contributed by atoms with van der Waals surface area (Å²) in [6.07, 6.45) is 1.60. The predicted molar refractivity (Wildman–Crippen MR) is 99.6 cm³/mol. The van der Waals surface area contributed by atoms with Gasteiger partial charge in [-0.05, 0) is 36.4 Å². The summed E-state index contributed by atoms with van der Waals surface area (Å²) in [7, 11) is 3.15. The molecule has 0 saturated carbocycles. The second kappa shape index (κ2) is 7.88. The minimum absolute atomic E-state index is 0.0328. The molecule has 0 bridgehead atoms. The summed E-state index contributed by atoms with van der Waals surface area (Å²) in [6.45, 7) is 0. The third-order valence-corrected chi connectivity index (χ3v) is 3.79. The summed E-state index contributed by atoms with van der Waals surface area (Å²) < 4.78 is 23.8. The van der Waals surface area contributed by atoms with E-state index in [1.54, 1.807) is 50.7 Å². The van der Waals surface area contributed by atoms with E-state index in [-0.39, 0.29) is 5.02 Å². The van der Waals surface area contributed by atoms with E-state index in [2.05, 4.69) is 20.6 Å². The molecular weight excluding hydrogens is 359 g/mol. The van der Waals surface area contributed by atoms with Crippen molar-refractivity contribution >= 4 is 34.7 Å². The minimum atomic E-state index is -0.478. The number of ether oxygens (including phenoxy) is 2. The molecule has 3 rings (SSSR count). The fourth-order valence-electron chi connectivity index (χ4n) is 2.23. The molecule has 3 aromatic rings. The third-order valence-electron chi connectivity index (χ3n) is 3.50. The van der Waals surface area contributed by atoms with Crippen molar-refractivity contribution in [3.05, 3.63) is 59.5 Å². The summed E-state index contributed by atoms with van der Waals surface area (Å²) in [5, 5.41) is 6.18. The van der Waals surface area contributed by atoms with E-state index in [1.165, 1.54) is 12.1 Å². The Morgan fingerprint density at radius 2 is 1.85 bits per heavy atom. The van der Waals surface area contributed by atoms with Gasteiger partial charge in [0, 0.05) is 18.0 Å². The van der Waals surface area contributed by atoms with E-state index < -0.39 is 5.82 Å². The van der Waals surface area contributed by atoms with Crippen molar-refractivity contribution in [2.45, 2.75) is 0 Å². The van der Waals surface area contributed by atoms with Crippen LogP contribution in [0, 0.1) is 5.82 Å². The molecule has 0 saturated heterocycles. The maximum atomic E-state index is 13.3. The molecule has 2 aromatic carbocycles. The van der Waals surface area contributed by atoms with Gasteiger partial charge in [0.15, 0.2) is 0 Å². The second-order valence-electron chi connectivity index (χ2n) is 5.21. The lowest BCUT2D eigenvalue weighted by atomic mass is 10.2. The van der Waals surface area contributed by atoms with Gasteiger partial charge in [0.1, 0.15) is 23.1 Å². The van der Waals surface area contributed by atoms with E-state index in [9.17, 15) is 4.39 Å². The van der Waals surface area contributed by atoms with Gasteiger partial charge in [0.05, 0.1) is 24.9 Å². The molecule has 2 N–H and O–H groups in total. The zero-order valence-electron chi connectivity index (χ0n) is 14.1. The van der Waals surface area contributed by atoms with Crippen LogP contribution in [0.4, 0.5) is 27.5 Å². The molecule has 1 heterocycles. The number of nitrogens with zero attached hydrogens (tertiary/aromatic N) is 2. The molecule has 0 fully saturated rings. The standard InChI is InChI=1S/C18H16ClFN4O2/c1-25-12-4-6-15(16(10-12)26-2)23-18-21-8-7-17(24-18)22-11-3-5-14(20)13(19)9-11/h3-10H,1-2H3,(H2,21,22,23,24). The first-order valence-electron chi connectivity index (χ1n) is 7.63. The van der Waals surface area contributed by atoms with Gasteiger partial charge in [-0.15, -0.1) is 0 Å². The third kappa shape index (κ3) is 4.12. The summed E-state index contributed by atoms with van der Waals surface area (Å²) in [5.41, 5.74) is 1.30. The molecule has 0 amide bonds. The first-order chi connectivity index (χ1) is 12.6. The maximum Gasteiger partial charge on any atom is 0.229 e. The SMILES string of the molecule is COc1ccc(Nc2nccc(Nc3ccc(F)c(Cl)c3)n2)c(OC)c1. The fourth-order valence-corrected chi connectivity index (χ4v) is 2.41. The maximum absolute atomic E-state index is 13.3. The Bertz CT molecular complexity index is 923. The molecule has 0 aliphatic heterocycles. The molecule has 0 atom stereocenters. The highest BCUT2D eigenvalue weighted by molar-refractivity contribution is 6.31. The summed E-state index contributed by atoms with van der Waals surface area (Å²) >= 11 is 5.79. The number of hydrogen-bond acceptors (Lipinski definition) is 6. The molecule has 1 aromatic heterocycles. The lowest BCUT2D eigenvalue weighted by Gasteiger charge is -2.12. The average molecular weight is 375 g/mol. The Hall–Kier alpha value is -3.06. The number of benzene rings is 2. The lowest BCUT2D eigenvalue weighted by molar-refractivity contribution is 0.395. The largest absolute Gasteiger partial charge is 0.497 e. The average Bonchev–Trinajstić information content (AvgIpc) is 2.65. The normalized spacial score (nSPS) is 10.3. The number of anilines is 4. The van der Waals surface area contributed by atoms with Crippen molar-refractivity contribution in [1.82, 2.24) is 9.97 Å². The molecule has 0 spiro atoms. The van der Waals surface area contributed by atoms with E-state index >= 15 is 0 Å². The van der Waals surface area contributed by atoms with Gasteiger partial charge in [0.2, 0.25) is 5.95 Å². The Morgan fingerprint density at radius 1 is 1.00 bits per heavy atom. The van der Waals surface area contributed by atoms with E-state index in [0.29, 0.717) is 34.6 Å². The van der Waals surface area contributed by atoms with Crippen LogP contribution < -0.4 is 20.1 Å². The van der Waals surface area contributed by atoms with Crippen molar-refractivity contribution < 1.29 is 13.9 Å². The number of halogens is 2. The van der Waals surface area contributed by atoms with Gasteiger partial charge < -0.3 is 20.1 Å². The van der Waals surface area contributed by atoms with Crippen LogP contribution in [-0.2, 0) is 0 Å². The van der Waals surface area contributed by atoms with Crippen LogP contribution in [0.1, 0.15) is 0 Å². The van der Waals surface area contributed by atoms with Crippen molar-refractivity contribution in [2.75, 3.05) is 24.9 Å². The van der Waals surface area contributed by atoms with Gasteiger partial charge in [-0.3, -0.25) is 0 Å². The number of nitrogens with one attached hydrogen (secondary N) is 2. The fraction of sp³-hybridized carbons (Fsp3) is 0.111. The number of aromatic nitrogens is 2. The highest BCUT2D eigenvalue weighted by Crippen LogP contribution is 2.31. The van der Waals surface area contributed by atoms with Gasteiger partial charge in [-0.25, -0.2) is 9.37 Å². The van der Waals surface area contributed by atoms with Crippen LogP contribution >= 0.6 is 11.6 Å². The molecule has 26 heavy (non-hydrogen) atoms. The van der Waals surface area contributed by atoms with Crippen LogP contribution in [0.25, 0.3) is 0 Å². The molecule has 0 aliphatic rings. The molecule has 0 unspecified atom stereocenters. The van der Waals surface area contributed by atoms with Crippen LogP contribution in [0.2, 0.25) is 5.02 Å². The number of hydrogen-bond donors (Lipinski definition) is 2. The van der Waals surface area contributed by atoms with E-state index in [0.717, 1.165) is 0 Å². The topological polar surface area (TPSA) is 68.3 Å². The van der Waals surface area contributed by atoms with Crippen molar-refractivity contribution in [1.29, 1.82) is 0 Å². The van der Waals surface area contributed by atoms with Crippen LogP contribution in [-0.4, -0.2) is 24.2 Å². The van der Waals surface area contributed by atoms with Crippen molar-refractivity contribution in [3.8, 4) is 11.5 Å². The zero-order valence-corrected chi connectivity index (χ0v) is 14.8. The number of methoxy groups -OCH3 is 2. The summed E-state index contributed by atoms with van der Waals surface area (Å²) in [4.78, 5) is 8.57. The van der Waals surface area contributed by atoms with Gasteiger partial charge in [-0.2, -0.15) is 4.98 Å². The summed E-state index contributed by atoms with van der Waals surface area (Å²) in [5.74, 6) is 1.69. The Balaban J connectivity index is 1.80. The second-order valence-corrected chi connectivity index (χ2v) is 5.62. The number of rotatable bonds is 6. The molecule has 6 nitrogen and oxygen atoms in total. The molecular formula is C18H16ClFN4O2. The zero-order chi connectivity index (χ0) is 18.5. The highest BCUT2D eigenvalue weighted by Gasteiger charge is 2.08. The van der Waals surface area contributed by atoms with Crippen molar-refractivity contribution in [2.24, 2.45) is 0 Å². The van der Waals surface area contributed by atoms with E-state index in [1.807, 2.05) is 0 Å². The van der Waals surface area contributed by atoms with E-state index in [4.69, 9.17) is 21.1 Å². The first kappa shape index (κ1) is 17.8. The smallest absolute Gasteiger partial charge is 0.229 e.